The number of carbonyl (C=O) groups is 1. The van der Waals surface area contributed by atoms with Crippen LogP contribution in [0.25, 0.3) is 0 Å². The number of benzene rings is 2. The van der Waals surface area contributed by atoms with Gasteiger partial charge >= 0.3 is 0 Å². The predicted molar refractivity (Wildman–Crippen MR) is 109 cm³/mol. The third-order valence-electron chi connectivity index (χ3n) is 4.20. The highest BCUT2D eigenvalue weighted by Crippen LogP contribution is 2.19. The molecule has 0 aliphatic carbocycles. The van der Waals surface area contributed by atoms with Crippen LogP contribution in [0.5, 0.6) is 0 Å². The molecule has 0 saturated carbocycles. The lowest BCUT2D eigenvalue weighted by molar-refractivity contribution is 0.0954. The third-order valence-corrected chi connectivity index (χ3v) is 5.58. The van der Waals surface area contributed by atoms with E-state index in [-0.39, 0.29) is 10.8 Å². The average molecular weight is 390 g/mol. The van der Waals surface area contributed by atoms with Gasteiger partial charge in [0.1, 0.15) is 0 Å². The Morgan fingerprint density at radius 1 is 0.926 bits per heavy atom. The Morgan fingerprint density at radius 3 is 2.26 bits per heavy atom. The quantitative estimate of drug-likeness (QED) is 0.576. The molecule has 3 N–H and O–H groups in total. The molecule has 0 spiro atoms. The van der Waals surface area contributed by atoms with Crippen LogP contribution in [0.1, 0.15) is 34.8 Å². The van der Waals surface area contributed by atoms with Gasteiger partial charge in [-0.05, 0) is 74.3 Å². The van der Waals surface area contributed by atoms with Crippen molar-refractivity contribution in [3.8, 4) is 0 Å². The van der Waals surface area contributed by atoms with Crippen molar-refractivity contribution in [2.45, 2.75) is 32.1 Å². The molecule has 0 aliphatic heterocycles. The molecule has 0 fully saturated rings. The van der Waals surface area contributed by atoms with E-state index in [4.69, 9.17) is 0 Å². The summed E-state index contributed by atoms with van der Waals surface area (Å²) in [6.45, 7) is 8.07. The fourth-order valence-electron chi connectivity index (χ4n) is 2.45. The van der Waals surface area contributed by atoms with Crippen molar-refractivity contribution in [1.29, 1.82) is 0 Å². The molecule has 27 heavy (non-hydrogen) atoms. The van der Waals surface area contributed by atoms with Crippen molar-refractivity contribution in [2.75, 3.05) is 24.4 Å². The monoisotopic (exact) mass is 389 g/mol. The van der Waals surface area contributed by atoms with E-state index in [9.17, 15) is 13.2 Å². The van der Waals surface area contributed by atoms with Crippen LogP contribution in [0.3, 0.4) is 0 Å². The fourth-order valence-corrected chi connectivity index (χ4v) is 3.60. The van der Waals surface area contributed by atoms with Crippen molar-refractivity contribution in [3.05, 3.63) is 59.2 Å². The van der Waals surface area contributed by atoms with Crippen molar-refractivity contribution in [1.82, 2.24) is 10.6 Å². The SMILES string of the molecule is CCCNCCNC(=O)c1ccc(NS(=O)(=O)c2ccc(C)c(C)c2)cc1. The number of amides is 1. The summed E-state index contributed by atoms with van der Waals surface area (Å²) in [7, 11) is -3.67. The first-order chi connectivity index (χ1) is 12.8. The van der Waals surface area contributed by atoms with Crippen molar-refractivity contribution in [2.24, 2.45) is 0 Å². The van der Waals surface area contributed by atoms with E-state index in [0.29, 0.717) is 24.3 Å². The van der Waals surface area contributed by atoms with Crippen LogP contribution in [0.15, 0.2) is 47.4 Å². The molecule has 0 bridgehead atoms. The summed E-state index contributed by atoms with van der Waals surface area (Å²) in [6, 6.07) is 11.4. The van der Waals surface area contributed by atoms with Gasteiger partial charge in [0.15, 0.2) is 0 Å². The molecule has 0 aliphatic rings. The van der Waals surface area contributed by atoms with Gasteiger partial charge in [0.2, 0.25) is 0 Å². The molecule has 7 heteroatoms. The Morgan fingerprint density at radius 2 is 1.63 bits per heavy atom. The Bertz CT molecular complexity index is 878. The van der Waals surface area contributed by atoms with Gasteiger partial charge in [-0.25, -0.2) is 8.42 Å². The molecule has 2 rings (SSSR count). The summed E-state index contributed by atoms with van der Waals surface area (Å²) in [5.41, 5.74) is 2.85. The highest BCUT2D eigenvalue weighted by Gasteiger charge is 2.15. The van der Waals surface area contributed by atoms with Gasteiger partial charge in [0.05, 0.1) is 4.90 Å². The minimum absolute atomic E-state index is 0.183. The zero-order valence-electron chi connectivity index (χ0n) is 16.0. The molecule has 0 saturated heterocycles. The third kappa shape index (κ3) is 6.08. The molecule has 146 valence electrons. The normalized spacial score (nSPS) is 11.2. The average Bonchev–Trinajstić information content (AvgIpc) is 2.64. The van der Waals surface area contributed by atoms with E-state index in [2.05, 4.69) is 22.3 Å². The van der Waals surface area contributed by atoms with Crippen LogP contribution in [0.4, 0.5) is 5.69 Å². The minimum Gasteiger partial charge on any atom is -0.351 e. The van der Waals surface area contributed by atoms with E-state index in [1.54, 1.807) is 42.5 Å². The number of aryl methyl sites for hydroxylation is 2. The van der Waals surface area contributed by atoms with E-state index in [0.717, 1.165) is 24.1 Å². The number of sulfonamides is 1. The second kappa shape index (κ2) is 9.53. The van der Waals surface area contributed by atoms with Crippen LogP contribution in [0.2, 0.25) is 0 Å². The zero-order chi connectivity index (χ0) is 19.9. The maximum Gasteiger partial charge on any atom is 0.261 e. The Labute approximate surface area is 161 Å². The predicted octanol–water partition coefficient (Wildman–Crippen LogP) is 2.83. The molecular formula is C20H27N3O3S. The standard InChI is InChI=1S/C20H27N3O3S/c1-4-11-21-12-13-22-20(24)17-6-8-18(9-7-17)23-27(25,26)19-10-5-15(2)16(3)14-19/h5-10,14,21,23H,4,11-13H2,1-3H3,(H,22,24). The summed E-state index contributed by atoms with van der Waals surface area (Å²) < 4.78 is 27.6. The highest BCUT2D eigenvalue weighted by molar-refractivity contribution is 7.92. The van der Waals surface area contributed by atoms with Crippen LogP contribution in [0, 0.1) is 13.8 Å². The Hall–Kier alpha value is -2.38. The van der Waals surface area contributed by atoms with Crippen LogP contribution >= 0.6 is 0 Å². The summed E-state index contributed by atoms with van der Waals surface area (Å²) in [5, 5.41) is 6.03. The lowest BCUT2D eigenvalue weighted by Gasteiger charge is -2.11. The maximum absolute atomic E-state index is 12.5. The minimum atomic E-state index is -3.67. The number of anilines is 1. The van der Waals surface area contributed by atoms with Gasteiger partial charge in [-0.15, -0.1) is 0 Å². The topological polar surface area (TPSA) is 87.3 Å². The fraction of sp³-hybridized carbons (Fsp3) is 0.350. The second-order valence-corrected chi connectivity index (χ2v) is 8.12. The first-order valence-corrected chi connectivity index (χ1v) is 10.5. The highest BCUT2D eigenvalue weighted by atomic mass is 32.2. The zero-order valence-corrected chi connectivity index (χ0v) is 16.8. The Balaban J connectivity index is 1.98. The first-order valence-electron chi connectivity index (χ1n) is 9.02. The van der Waals surface area contributed by atoms with E-state index < -0.39 is 10.0 Å². The van der Waals surface area contributed by atoms with Gasteiger partial charge in [-0.3, -0.25) is 9.52 Å². The van der Waals surface area contributed by atoms with E-state index >= 15 is 0 Å². The second-order valence-electron chi connectivity index (χ2n) is 6.43. The molecule has 0 unspecified atom stereocenters. The van der Waals surface area contributed by atoms with Gasteiger partial charge in [0.25, 0.3) is 15.9 Å². The Kier molecular flexibility index (Phi) is 7.38. The number of hydrogen-bond acceptors (Lipinski definition) is 4. The lowest BCUT2D eigenvalue weighted by Crippen LogP contribution is -2.32. The summed E-state index contributed by atoms with van der Waals surface area (Å²) in [4.78, 5) is 12.3. The van der Waals surface area contributed by atoms with E-state index in [1.165, 1.54) is 0 Å². The van der Waals surface area contributed by atoms with Crippen LogP contribution in [-0.4, -0.2) is 34.0 Å². The molecule has 0 atom stereocenters. The number of carbonyl (C=O) groups excluding carboxylic acids is 1. The molecule has 0 radical (unpaired) electrons. The number of nitrogens with one attached hydrogen (secondary N) is 3. The van der Waals surface area contributed by atoms with Gasteiger partial charge in [0, 0.05) is 24.3 Å². The summed E-state index contributed by atoms with van der Waals surface area (Å²) in [6.07, 6.45) is 1.05. The van der Waals surface area contributed by atoms with Crippen molar-refractivity contribution in [3.63, 3.8) is 0 Å². The molecule has 0 aromatic heterocycles. The number of rotatable bonds is 9. The largest absolute Gasteiger partial charge is 0.351 e. The molecule has 0 heterocycles. The first kappa shape index (κ1) is 20.9. The van der Waals surface area contributed by atoms with Gasteiger partial charge < -0.3 is 10.6 Å². The van der Waals surface area contributed by atoms with Crippen LogP contribution in [-0.2, 0) is 10.0 Å². The molecule has 2 aromatic rings. The summed E-state index contributed by atoms with van der Waals surface area (Å²) in [5.74, 6) is -0.183. The summed E-state index contributed by atoms with van der Waals surface area (Å²) >= 11 is 0. The van der Waals surface area contributed by atoms with Gasteiger partial charge in [-0.2, -0.15) is 0 Å². The number of hydrogen-bond donors (Lipinski definition) is 3. The van der Waals surface area contributed by atoms with E-state index in [1.807, 2.05) is 13.8 Å². The smallest absolute Gasteiger partial charge is 0.261 e. The molecule has 2 aromatic carbocycles. The maximum atomic E-state index is 12.5. The van der Waals surface area contributed by atoms with Crippen LogP contribution < -0.4 is 15.4 Å². The lowest BCUT2D eigenvalue weighted by atomic mass is 10.1. The molecule has 6 nitrogen and oxygen atoms in total. The molecule has 1 amide bonds. The van der Waals surface area contributed by atoms with Crippen molar-refractivity contribution < 1.29 is 13.2 Å². The van der Waals surface area contributed by atoms with Crippen molar-refractivity contribution >= 4 is 21.6 Å². The molecular weight excluding hydrogens is 362 g/mol. The van der Waals surface area contributed by atoms with Gasteiger partial charge in [-0.1, -0.05) is 13.0 Å².